The second-order valence-corrected chi connectivity index (χ2v) is 7.88. The van der Waals surface area contributed by atoms with E-state index in [2.05, 4.69) is 5.32 Å². The second kappa shape index (κ2) is 9.15. The quantitative estimate of drug-likeness (QED) is 0.246. The summed E-state index contributed by atoms with van der Waals surface area (Å²) >= 11 is 1.03. The summed E-state index contributed by atoms with van der Waals surface area (Å²) in [6.45, 7) is 0. The van der Waals surface area contributed by atoms with Crippen molar-refractivity contribution in [1.29, 1.82) is 0 Å². The molecule has 3 aromatic carbocycles. The van der Waals surface area contributed by atoms with E-state index in [1.807, 2.05) is 0 Å². The molecule has 0 aliphatic carbocycles. The van der Waals surface area contributed by atoms with Crippen LogP contribution in [-0.2, 0) is 17.1 Å². The standard InChI is InChI=1S/C22H16F6N2OS/c23-21(24,25)14-10-15(22(26,27)28)12-16(11-14)30-20(31)19(13-6-2-1-3-7-13)32-18-9-5-4-8-17(18)29/h1-12,19H,29H2,(H,30,31)/t19-/m1/s1. The highest BCUT2D eigenvalue weighted by molar-refractivity contribution is 8.00. The van der Waals surface area contributed by atoms with Gasteiger partial charge in [0.1, 0.15) is 5.25 Å². The van der Waals surface area contributed by atoms with Gasteiger partial charge in [-0.1, -0.05) is 42.5 Å². The molecule has 0 spiro atoms. The van der Waals surface area contributed by atoms with E-state index >= 15 is 0 Å². The SMILES string of the molecule is Nc1ccccc1S[C@@H](C(=O)Nc1cc(C(F)(F)F)cc(C(F)(F)F)c1)c1ccccc1. The Bertz CT molecular complexity index is 1070. The lowest BCUT2D eigenvalue weighted by atomic mass is 10.1. The molecule has 3 nitrogen and oxygen atoms in total. The number of alkyl halides is 6. The molecule has 0 fully saturated rings. The van der Waals surface area contributed by atoms with E-state index in [1.165, 1.54) is 0 Å². The van der Waals surface area contributed by atoms with E-state index in [4.69, 9.17) is 5.73 Å². The molecule has 0 saturated carbocycles. The van der Waals surface area contributed by atoms with Crippen LogP contribution in [0.1, 0.15) is 21.9 Å². The largest absolute Gasteiger partial charge is 0.416 e. The number of amides is 1. The average Bonchev–Trinajstić information content (AvgIpc) is 2.72. The zero-order chi connectivity index (χ0) is 23.5. The predicted molar refractivity (Wildman–Crippen MR) is 111 cm³/mol. The summed E-state index contributed by atoms with van der Waals surface area (Å²) in [4.78, 5) is 13.6. The molecule has 0 radical (unpaired) electrons. The smallest absolute Gasteiger partial charge is 0.398 e. The Morgan fingerprint density at radius 1 is 0.812 bits per heavy atom. The maximum atomic E-state index is 13.1. The van der Waals surface area contributed by atoms with Crippen LogP contribution in [0.15, 0.2) is 77.7 Å². The van der Waals surface area contributed by atoms with E-state index < -0.39 is 40.3 Å². The summed E-state index contributed by atoms with van der Waals surface area (Å²) in [6, 6.07) is 15.9. The molecule has 0 unspecified atom stereocenters. The van der Waals surface area contributed by atoms with Crippen LogP contribution < -0.4 is 11.1 Å². The van der Waals surface area contributed by atoms with Gasteiger partial charge in [-0.2, -0.15) is 26.3 Å². The van der Waals surface area contributed by atoms with Crippen molar-refractivity contribution in [3.05, 3.63) is 89.5 Å². The van der Waals surface area contributed by atoms with Crippen LogP contribution in [0.2, 0.25) is 0 Å². The van der Waals surface area contributed by atoms with E-state index in [9.17, 15) is 31.1 Å². The molecule has 0 aliphatic rings. The topological polar surface area (TPSA) is 55.1 Å². The molecule has 1 atom stereocenters. The normalized spacial score (nSPS) is 12.9. The third-order valence-corrected chi connectivity index (χ3v) is 5.71. The zero-order valence-electron chi connectivity index (χ0n) is 16.2. The highest BCUT2D eigenvalue weighted by atomic mass is 32.2. The number of anilines is 2. The van der Waals surface area contributed by atoms with E-state index in [-0.39, 0.29) is 6.07 Å². The summed E-state index contributed by atoms with van der Waals surface area (Å²) in [6.07, 6.45) is -10.0. The number of nitrogen functional groups attached to an aromatic ring is 1. The molecule has 32 heavy (non-hydrogen) atoms. The summed E-state index contributed by atoms with van der Waals surface area (Å²) in [5.74, 6) is -0.795. The van der Waals surface area contributed by atoms with E-state index in [0.29, 0.717) is 28.3 Å². The predicted octanol–water partition coefficient (Wildman–Crippen LogP) is 6.78. The van der Waals surface area contributed by atoms with Gasteiger partial charge in [0, 0.05) is 16.3 Å². The summed E-state index contributed by atoms with van der Waals surface area (Å²) < 4.78 is 78.8. The number of thioether (sulfide) groups is 1. The summed E-state index contributed by atoms with van der Waals surface area (Å²) in [5, 5.41) is 1.22. The first-order chi connectivity index (χ1) is 14.9. The summed E-state index contributed by atoms with van der Waals surface area (Å²) in [7, 11) is 0. The van der Waals surface area contributed by atoms with Crippen LogP contribution in [0.5, 0.6) is 0 Å². The van der Waals surface area contributed by atoms with Crippen LogP contribution in [-0.4, -0.2) is 5.91 Å². The van der Waals surface area contributed by atoms with Crippen LogP contribution >= 0.6 is 11.8 Å². The van der Waals surface area contributed by atoms with Crippen molar-refractivity contribution in [2.75, 3.05) is 11.1 Å². The lowest BCUT2D eigenvalue weighted by Gasteiger charge is -2.19. The molecule has 0 heterocycles. The molecule has 3 rings (SSSR count). The van der Waals surface area contributed by atoms with Gasteiger partial charge in [-0.15, -0.1) is 11.8 Å². The van der Waals surface area contributed by atoms with Crippen molar-refractivity contribution in [2.24, 2.45) is 0 Å². The number of para-hydroxylation sites is 1. The fraction of sp³-hybridized carbons (Fsp3) is 0.136. The Labute approximate surface area is 183 Å². The number of halogens is 6. The minimum atomic E-state index is -5.02. The zero-order valence-corrected chi connectivity index (χ0v) is 17.0. The monoisotopic (exact) mass is 470 g/mol. The Morgan fingerprint density at radius 2 is 1.34 bits per heavy atom. The third kappa shape index (κ3) is 5.76. The maximum Gasteiger partial charge on any atom is 0.416 e. The van der Waals surface area contributed by atoms with Crippen LogP contribution in [0.4, 0.5) is 37.7 Å². The Hall–Kier alpha value is -3.14. The van der Waals surface area contributed by atoms with Gasteiger partial charge >= 0.3 is 12.4 Å². The van der Waals surface area contributed by atoms with Crippen LogP contribution in [0.25, 0.3) is 0 Å². The van der Waals surface area contributed by atoms with Gasteiger partial charge in [-0.05, 0) is 35.9 Å². The Kier molecular flexibility index (Phi) is 6.73. The van der Waals surface area contributed by atoms with Crippen molar-refractivity contribution in [2.45, 2.75) is 22.5 Å². The van der Waals surface area contributed by atoms with Crippen LogP contribution in [0, 0.1) is 0 Å². The minimum absolute atomic E-state index is 0.00372. The number of benzene rings is 3. The molecular weight excluding hydrogens is 454 g/mol. The second-order valence-electron chi connectivity index (χ2n) is 6.73. The molecule has 3 aromatic rings. The van der Waals surface area contributed by atoms with Gasteiger partial charge in [0.25, 0.3) is 0 Å². The highest BCUT2D eigenvalue weighted by Gasteiger charge is 2.37. The molecule has 3 N–H and O–H groups in total. The Balaban J connectivity index is 1.98. The van der Waals surface area contributed by atoms with Crippen molar-refractivity contribution < 1.29 is 31.1 Å². The number of nitrogens with two attached hydrogens (primary N) is 1. The van der Waals surface area contributed by atoms with Crippen molar-refractivity contribution in [3.63, 3.8) is 0 Å². The van der Waals surface area contributed by atoms with Crippen molar-refractivity contribution in [1.82, 2.24) is 0 Å². The molecule has 0 bridgehead atoms. The number of carbonyl (C=O) groups excluding carboxylic acids is 1. The number of hydrogen-bond donors (Lipinski definition) is 2. The Morgan fingerprint density at radius 3 is 1.88 bits per heavy atom. The molecule has 0 aromatic heterocycles. The molecule has 0 saturated heterocycles. The van der Waals surface area contributed by atoms with Gasteiger partial charge in [-0.3, -0.25) is 4.79 Å². The molecule has 168 valence electrons. The summed E-state index contributed by atoms with van der Waals surface area (Å²) in [5.41, 5.74) is 3.17. The fourth-order valence-electron chi connectivity index (χ4n) is 2.85. The van der Waals surface area contributed by atoms with Gasteiger partial charge in [0.2, 0.25) is 5.91 Å². The van der Waals surface area contributed by atoms with Crippen LogP contribution in [0.3, 0.4) is 0 Å². The lowest BCUT2D eigenvalue weighted by Crippen LogP contribution is -2.20. The average molecular weight is 470 g/mol. The van der Waals surface area contributed by atoms with E-state index in [0.717, 1.165) is 11.8 Å². The minimum Gasteiger partial charge on any atom is -0.398 e. The molecule has 10 heteroatoms. The van der Waals surface area contributed by atoms with Gasteiger partial charge in [0.15, 0.2) is 0 Å². The van der Waals surface area contributed by atoms with Gasteiger partial charge in [-0.25, -0.2) is 0 Å². The molecule has 1 amide bonds. The lowest BCUT2D eigenvalue weighted by molar-refractivity contribution is -0.143. The molecular formula is C22H16F6N2OS. The number of carbonyl (C=O) groups is 1. The maximum absolute atomic E-state index is 13.1. The first-order valence-corrected chi connectivity index (χ1v) is 9.99. The van der Waals surface area contributed by atoms with Gasteiger partial charge < -0.3 is 11.1 Å². The van der Waals surface area contributed by atoms with Crippen molar-refractivity contribution >= 4 is 29.0 Å². The first kappa shape index (κ1) is 23.5. The highest BCUT2D eigenvalue weighted by Crippen LogP contribution is 2.40. The third-order valence-electron chi connectivity index (χ3n) is 4.36. The number of rotatable bonds is 5. The number of hydrogen-bond acceptors (Lipinski definition) is 3. The van der Waals surface area contributed by atoms with Gasteiger partial charge in [0.05, 0.1) is 11.1 Å². The first-order valence-electron chi connectivity index (χ1n) is 9.11. The fourth-order valence-corrected chi connectivity index (χ4v) is 3.92. The number of nitrogens with one attached hydrogen (secondary N) is 1. The molecule has 0 aliphatic heterocycles. The van der Waals surface area contributed by atoms with Crippen molar-refractivity contribution in [3.8, 4) is 0 Å². The van der Waals surface area contributed by atoms with E-state index in [1.54, 1.807) is 54.6 Å².